The zero-order valence-corrected chi connectivity index (χ0v) is 13.8. The Kier molecular flexibility index (Phi) is 4.19. The van der Waals surface area contributed by atoms with E-state index in [4.69, 9.17) is 4.74 Å². The Morgan fingerprint density at radius 2 is 1.92 bits per heavy atom. The van der Waals surface area contributed by atoms with Crippen LogP contribution in [0.25, 0.3) is 0 Å². The van der Waals surface area contributed by atoms with Crippen LogP contribution >= 0.6 is 0 Å². The summed E-state index contributed by atoms with van der Waals surface area (Å²) in [5, 5.41) is 3.31. The van der Waals surface area contributed by atoms with E-state index in [1.807, 2.05) is 0 Å². The van der Waals surface area contributed by atoms with Gasteiger partial charge in [0, 0.05) is 24.2 Å². The number of imide groups is 1. The molecule has 1 atom stereocenters. The molecule has 0 bridgehead atoms. The zero-order chi connectivity index (χ0) is 17.2. The number of benzene rings is 1. The van der Waals surface area contributed by atoms with Crippen molar-refractivity contribution in [2.75, 3.05) is 19.7 Å². The highest BCUT2D eigenvalue weighted by Crippen LogP contribution is 2.27. The summed E-state index contributed by atoms with van der Waals surface area (Å²) in [5.74, 6) is 0.588. The molecule has 6 heteroatoms. The van der Waals surface area contributed by atoms with E-state index in [2.05, 4.69) is 10.3 Å². The summed E-state index contributed by atoms with van der Waals surface area (Å²) in [4.78, 5) is 30.4. The van der Waals surface area contributed by atoms with E-state index in [-0.39, 0.29) is 18.4 Å². The molecule has 6 nitrogen and oxygen atoms in total. The van der Waals surface area contributed by atoms with Crippen LogP contribution in [0.5, 0.6) is 5.75 Å². The minimum atomic E-state index is -0.261. The number of pyridine rings is 1. The smallest absolute Gasteiger partial charge is 0.261 e. The topological polar surface area (TPSA) is 71.5 Å². The predicted octanol–water partition coefficient (Wildman–Crippen LogP) is 1.87. The van der Waals surface area contributed by atoms with Crippen LogP contribution in [0.2, 0.25) is 0 Å². The largest absolute Gasteiger partial charge is 0.491 e. The average molecular weight is 337 g/mol. The minimum Gasteiger partial charge on any atom is -0.491 e. The van der Waals surface area contributed by atoms with Crippen molar-refractivity contribution in [3.05, 3.63) is 59.4 Å². The fraction of sp³-hybridized carbons (Fsp3) is 0.316. The number of nitrogens with one attached hydrogen (secondary N) is 1. The molecule has 2 aliphatic heterocycles. The quantitative estimate of drug-likeness (QED) is 0.844. The predicted molar refractivity (Wildman–Crippen MR) is 91.4 cm³/mol. The standard InChI is InChI=1S/C19H19N3O3/c23-18-15-3-1-2-4-16(15)19(24)22(18)11-14-6-8-21-10-17(14)25-12-13-5-7-20-9-13/h1-4,6,8,10,13,20H,5,7,9,11-12H2/t13-/m1/s1. The van der Waals surface area contributed by atoms with Gasteiger partial charge in [-0.1, -0.05) is 12.1 Å². The van der Waals surface area contributed by atoms with E-state index in [0.717, 1.165) is 25.1 Å². The number of hydrogen-bond donors (Lipinski definition) is 1. The van der Waals surface area contributed by atoms with Gasteiger partial charge in [0.2, 0.25) is 0 Å². The number of amides is 2. The third-order valence-electron chi connectivity index (χ3n) is 4.71. The van der Waals surface area contributed by atoms with E-state index in [1.165, 1.54) is 4.90 Å². The maximum atomic E-state index is 12.5. The van der Waals surface area contributed by atoms with Crippen molar-refractivity contribution in [1.82, 2.24) is 15.2 Å². The molecule has 2 aliphatic rings. The van der Waals surface area contributed by atoms with Crippen molar-refractivity contribution in [2.45, 2.75) is 13.0 Å². The van der Waals surface area contributed by atoms with Gasteiger partial charge in [0.1, 0.15) is 5.75 Å². The van der Waals surface area contributed by atoms with Gasteiger partial charge in [0.15, 0.2) is 0 Å². The second kappa shape index (κ2) is 6.64. The molecule has 2 amide bonds. The molecule has 0 radical (unpaired) electrons. The summed E-state index contributed by atoms with van der Waals surface area (Å²) in [7, 11) is 0. The number of hydrogen-bond acceptors (Lipinski definition) is 5. The third-order valence-corrected chi connectivity index (χ3v) is 4.71. The second-order valence-corrected chi connectivity index (χ2v) is 6.40. The molecule has 128 valence electrons. The molecule has 0 unspecified atom stereocenters. The SMILES string of the molecule is O=C1c2ccccc2C(=O)N1Cc1ccncc1OC[C@@H]1CCNC1. The summed E-state index contributed by atoms with van der Waals surface area (Å²) >= 11 is 0. The summed E-state index contributed by atoms with van der Waals surface area (Å²) in [5.41, 5.74) is 1.71. The van der Waals surface area contributed by atoms with Gasteiger partial charge in [-0.2, -0.15) is 0 Å². The van der Waals surface area contributed by atoms with E-state index < -0.39 is 0 Å². The first kappa shape index (κ1) is 15.8. The first-order valence-electron chi connectivity index (χ1n) is 8.45. The van der Waals surface area contributed by atoms with Crippen LogP contribution in [0, 0.1) is 5.92 Å². The molecule has 2 aromatic rings. The molecular formula is C19H19N3O3. The van der Waals surface area contributed by atoms with Crippen LogP contribution in [-0.2, 0) is 6.54 Å². The second-order valence-electron chi connectivity index (χ2n) is 6.40. The molecule has 4 rings (SSSR count). The van der Waals surface area contributed by atoms with Crippen molar-refractivity contribution >= 4 is 11.8 Å². The molecule has 0 spiro atoms. The summed E-state index contributed by atoms with van der Waals surface area (Å²) < 4.78 is 5.93. The first-order valence-corrected chi connectivity index (χ1v) is 8.45. The maximum Gasteiger partial charge on any atom is 0.261 e. The number of nitrogens with zero attached hydrogens (tertiary/aromatic N) is 2. The third kappa shape index (κ3) is 3.00. The van der Waals surface area contributed by atoms with Gasteiger partial charge in [-0.15, -0.1) is 0 Å². The van der Waals surface area contributed by atoms with Gasteiger partial charge in [-0.25, -0.2) is 0 Å². The number of carbonyl (C=O) groups is 2. The number of carbonyl (C=O) groups excluding carboxylic acids is 2. The Morgan fingerprint density at radius 1 is 1.16 bits per heavy atom. The lowest BCUT2D eigenvalue weighted by atomic mass is 10.1. The van der Waals surface area contributed by atoms with E-state index >= 15 is 0 Å². The number of fused-ring (bicyclic) bond motifs is 1. The molecule has 0 saturated carbocycles. The lowest BCUT2D eigenvalue weighted by molar-refractivity contribution is 0.0641. The molecule has 1 N–H and O–H groups in total. The zero-order valence-electron chi connectivity index (χ0n) is 13.8. The van der Waals surface area contributed by atoms with Crippen molar-refractivity contribution in [2.24, 2.45) is 5.92 Å². The highest BCUT2D eigenvalue weighted by molar-refractivity contribution is 6.21. The Balaban J connectivity index is 1.51. The molecule has 1 aromatic heterocycles. The normalized spacial score (nSPS) is 19.4. The fourth-order valence-electron chi connectivity index (χ4n) is 3.29. The van der Waals surface area contributed by atoms with Gasteiger partial charge in [-0.05, 0) is 31.2 Å². The van der Waals surface area contributed by atoms with Gasteiger partial charge in [0.25, 0.3) is 11.8 Å². The van der Waals surface area contributed by atoms with E-state index in [1.54, 1.807) is 42.7 Å². The van der Waals surface area contributed by atoms with Gasteiger partial charge in [0.05, 0.1) is 30.5 Å². The van der Waals surface area contributed by atoms with Gasteiger partial charge in [-0.3, -0.25) is 19.5 Å². The van der Waals surface area contributed by atoms with Gasteiger partial charge < -0.3 is 10.1 Å². The monoisotopic (exact) mass is 337 g/mol. The molecule has 1 aromatic carbocycles. The fourth-order valence-corrected chi connectivity index (χ4v) is 3.29. The lowest BCUT2D eigenvalue weighted by Crippen LogP contribution is -2.29. The average Bonchev–Trinajstić information content (AvgIpc) is 3.24. The van der Waals surface area contributed by atoms with Crippen LogP contribution in [0.1, 0.15) is 32.7 Å². The van der Waals surface area contributed by atoms with E-state index in [0.29, 0.717) is 29.4 Å². The highest BCUT2D eigenvalue weighted by Gasteiger charge is 2.35. The van der Waals surface area contributed by atoms with E-state index in [9.17, 15) is 9.59 Å². The van der Waals surface area contributed by atoms with Crippen LogP contribution < -0.4 is 10.1 Å². The maximum absolute atomic E-state index is 12.5. The van der Waals surface area contributed by atoms with Crippen molar-refractivity contribution in [3.63, 3.8) is 0 Å². The van der Waals surface area contributed by atoms with Crippen molar-refractivity contribution in [1.29, 1.82) is 0 Å². The Hall–Kier alpha value is -2.73. The number of ether oxygens (including phenoxy) is 1. The highest BCUT2D eigenvalue weighted by atomic mass is 16.5. The molecule has 0 aliphatic carbocycles. The number of rotatable bonds is 5. The minimum absolute atomic E-state index is 0.188. The summed E-state index contributed by atoms with van der Waals surface area (Å²) in [6, 6.07) is 8.71. The lowest BCUT2D eigenvalue weighted by Gasteiger charge is -2.18. The number of aromatic nitrogens is 1. The molecule has 1 fully saturated rings. The molecule has 25 heavy (non-hydrogen) atoms. The Bertz CT molecular complexity index is 780. The van der Waals surface area contributed by atoms with Crippen LogP contribution in [-0.4, -0.2) is 41.4 Å². The van der Waals surface area contributed by atoms with Crippen LogP contribution in [0.3, 0.4) is 0 Å². The van der Waals surface area contributed by atoms with Crippen LogP contribution in [0.4, 0.5) is 0 Å². The van der Waals surface area contributed by atoms with Crippen molar-refractivity contribution < 1.29 is 14.3 Å². The van der Waals surface area contributed by atoms with Crippen molar-refractivity contribution in [3.8, 4) is 5.75 Å². The Labute approximate surface area is 145 Å². The summed E-state index contributed by atoms with van der Waals surface area (Å²) in [6.07, 6.45) is 4.39. The van der Waals surface area contributed by atoms with Crippen LogP contribution in [0.15, 0.2) is 42.7 Å². The molecular weight excluding hydrogens is 318 g/mol. The Morgan fingerprint density at radius 3 is 2.60 bits per heavy atom. The van der Waals surface area contributed by atoms with Gasteiger partial charge >= 0.3 is 0 Å². The molecule has 3 heterocycles. The summed E-state index contributed by atoms with van der Waals surface area (Å²) in [6.45, 7) is 2.76. The molecule has 1 saturated heterocycles. The first-order chi connectivity index (χ1) is 12.2.